The smallest absolute Gasteiger partial charge is 0.260 e. The van der Waals surface area contributed by atoms with E-state index in [9.17, 15) is 9.59 Å². The van der Waals surface area contributed by atoms with Crippen molar-refractivity contribution in [3.63, 3.8) is 0 Å². The van der Waals surface area contributed by atoms with Gasteiger partial charge in [-0.15, -0.1) is 0 Å². The number of nitriles is 1. The molecule has 29 heavy (non-hydrogen) atoms. The number of aromatic amines is 1. The lowest BCUT2D eigenvalue weighted by Gasteiger charge is -2.35. The van der Waals surface area contributed by atoms with E-state index in [1.54, 1.807) is 24.5 Å². The summed E-state index contributed by atoms with van der Waals surface area (Å²) in [5, 5.41) is 9.30. The van der Waals surface area contributed by atoms with Crippen LogP contribution in [0.2, 0.25) is 0 Å². The molecular weight excluding hydrogens is 370 g/mol. The summed E-state index contributed by atoms with van der Waals surface area (Å²) >= 11 is 0. The summed E-state index contributed by atoms with van der Waals surface area (Å²) in [4.78, 5) is 44.0. The lowest BCUT2D eigenvalue weighted by molar-refractivity contribution is -0.131. The Kier molecular flexibility index (Phi) is 5.16. The van der Waals surface area contributed by atoms with E-state index in [1.807, 2.05) is 11.0 Å². The van der Waals surface area contributed by atoms with Gasteiger partial charge in [-0.1, -0.05) is 0 Å². The molecule has 0 aliphatic carbocycles. The van der Waals surface area contributed by atoms with Gasteiger partial charge in [0.15, 0.2) is 0 Å². The summed E-state index contributed by atoms with van der Waals surface area (Å²) in [6, 6.07) is 7.31. The number of amides is 1. The first-order valence-electron chi connectivity index (χ1n) is 9.36. The van der Waals surface area contributed by atoms with Crippen LogP contribution in [0.15, 0.2) is 41.6 Å². The molecule has 1 fully saturated rings. The number of hydrogen-bond donors (Lipinski definition) is 1. The number of H-pyrrole nitrogens is 1. The Balaban J connectivity index is 1.33. The number of hydrogen-bond acceptors (Lipinski definition) is 7. The van der Waals surface area contributed by atoms with Crippen molar-refractivity contribution >= 4 is 22.6 Å². The van der Waals surface area contributed by atoms with Crippen LogP contribution < -0.4 is 10.5 Å². The van der Waals surface area contributed by atoms with E-state index >= 15 is 0 Å². The van der Waals surface area contributed by atoms with Gasteiger partial charge in [-0.25, -0.2) is 9.97 Å². The number of aryl methyl sites for hydroxylation is 1. The number of nitrogens with one attached hydrogen (secondary N) is 1. The average molecular weight is 389 g/mol. The third-order valence-corrected chi connectivity index (χ3v) is 4.96. The van der Waals surface area contributed by atoms with Gasteiger partial charge in [-0.2, -0.15) is 5.26 Å². The van der Waals surface area contributed by atoms with Crippen molar-refractivity contribution in [1.29, 1.82) is 5.26 Å². The molecule has 1 amide bonds. The number of rotatable bonds is 4. The molecule has 9 heteroatoms. The fraction of sp³-hybridized carbons (Fsp3) is 0.300. The maximum absolute atomic E-state index is 12.6. The second-order valence-corrected chi connectivity index (χ2v) is 6.79. The van der Waals surface area contributed by atoms with Crippen molar-refractivity contribution in [1.82, 2.24) is 24.8 Å². The van der Waals surface area contributed by atoms with Crippen LogP contribution in [0.1, 0.15) is 17.8 Å². The van der Waals surface area contributed by atoms with Gasteiger partial charge in [-0.05, 0) is 18.2 Å². The molecule has 0 bridgehead atoms. The number of fused-ring (bicyclic) bond motifs is 1. The van der Waals surface area contributed by atoms with Crippen LogP contribution in [0, 0.1) is 11.3 Å². The minimum absolute atomic E-state index is 0.0370. The van der Waals surface area contributed by atoms with Crippen LogP contribution >= 0.6 is 0 Å². The standard InChI is InChI=1S/C20H19N7O2/c21-11-14-1-3-18(23-12-14)26-7-9-27(10-8-26)19(28)4-2-17-24-16-5-6-22-13-15(16)20(29)25-17/h1,3,5-6,12-13H,2,4,7-10H2,(H,24,25,29). The summed E-state index contributed by atoms with van der Waals surface area (Å²) < 4.78 is 0. The highest BCUT2D eigenvalue weighted by Gasteiger charge is 2.22. The first-order valence-corrected chi connectivity index (χ1v) is 9.36. The van der Waals surface area contributed by atoms with E-state index in [2.05, 4.69) is 30.9 Å². The number of aromatic nitrogens is 4. The zero-order chi connectivity index (χ0) is 20.2. The fourth-order valence-electron chi connectivity index (χ4n) is 3.36. The highest BCUT2D eigenvalue weighted by Crippen LogP contribution is 2.15. The zero-order valence-corrected chi connectivity index (χ0v) is 15.7. The molecule has 3 aromatic heterocycles. The lowest BCUT2D eigenvalue weighted by atomic mass is 10.2. The molecule has 0 spiro atoms. The molecule has 0 radical (unpaired) electrons. The van der Waals surface area contributed by atoms with Crippen molar-refractivity contribution < 1.29 is 4.79 Å². The molecule has 146 valence electrons. The molecule has 0 aromatic carbocycles. The normalized spacial score (nSPS) is 14.0. The predicted molar refractivity (Wildman–Crippen MR) is 106 cm³/mol. The van der Waals surface area contributed by atoms with Gasteiger partial charge >= 0.3 is 0 Å². The first-order chi connectivity index (χ1) is 14.1. The highest BCUT2D eigenvalue weighted by molar-refractivity contribution is 5.77. The molecule has 4 rings (SSSR count). The minimum atomic E-state index is -0.242. The maximum atomic E-state index is 12.6. The molecule has 1 aliphatic rings. The second-order valence-electron chi connectivity index (χ2n) is 6.79. The quantitative estimate of drug-likeness (QED) is 0.703. The fourth-order valence-corrected chi connectivity index (χ4v) is 3.36. The number of carbonyl (C=O) groups excluding carboxylic acids is 1. The Morgan fingerprint density at radius 1 is 1.17 bits per heavy atom. The van der Waals surface area contributed by atoms with Crippen LogP contribution in [0.5, 0.6) is 0 Å². The number of carbonyl (C=O) groups is 1. The van der Waals surface area contributed by atoms with Crippen molar-refractivity contribution in [3.05, 3.63) is 58.5 Å². The molecule has 3 aromatic rings. The molecule has 1 saturated heterocycles. The molecule has 0 unspecified atom stereocenters. The van der Waals surface area contributed by atoms with Crippen molar-refractivity contribution in [3.8, 4) is 6.07 Å². The Morgan fingerprint density at radius 3 is 2.72 bits per heavy atom. The number of piperazine rings is 1. The van der Waals surface area contributed by atoms with Crippen LogP contribution in [0.4, 0.5) is 5.82 Å². The van der Waals surface area contributed by atoms with Crippen LogP contribution in [0.25, 0.3) is 10.9 Å². The van der Waals surface area contributed by atoms with E-state index in [4.69, 9.17) is 5.26 Å². The second kappa shape index (κ2) is 8.06. The summed E-state index contributed by atoms with van der Waals surface area (Å²) in [6.07, 6.45) is 5.29. The van der Waals surface area contributed by atoms with Crippen LogP contribution in [-0.2, 0) is 11.2 Å². The van der Waals surface area contributed by atoms with E-state index in [-0.39, 0.29) is 17.9 Å². The Labute approximate surface area is 166 Å². The van der Waals surface area contributed by atoms with Gasteiger partial charge in [0.2, 0.25) is 5.91 Å². The lowest BCUT2D eigenvalue weighted by Crippen LogP contribution is -2.49. The van der Waals surface area contributed by atoms with Gasteiger partial charge in [-0.3, -0.25) is 14.6 Å². The third kappa shape index (κ3) is 4.06. The van der Waals surface area contributed by atoms with E-state index in [1.165, 1.54) is 6.20 Å². The number of pyridine rings is 2. The monoisotopic (exact) mass is 389 g/mol. The van der Waals surface area contributed by atoms with Gasteiger partial charge < -0.3 is 14.8 Å². The molecular formula is C20H19N7O2. The Bertz CT molecular complexity index is 1130. The molecule has 9 nitrogen and oxygen atoms in total. The number of nitrogens with zero attached hydrogens (tertiary/aromatic N) is 6. The average Bonchev–Trinajstić information content (AvgIpc) is 2.78. The summed E-state index contributed by atoms with van der Waals surface area (Å²) in [5.41, 5.74) is 0.864. The summed E-state index contributed by atoms with van der Waals surface area (Å²) in [6.45, 7) is 2.58. The maximum Gasteiger partial charge on any atom is 0.260 e. The minimum Gasteiger partial charge on any atom is -0.353 e. The van der Waals surface area contributed by atoms with Crippen LogP contribution in [-0.4, -0.2) is 56.9 Å². The topological polar surface area (TPSA) is 119 Å². The third-order valence-electron chi connectivity index (χ3n) is 4.96. The molecule has 1 aliphatic heterocycles. The van der Waals surface area contributed by atoms with E-state index in [0.717, 1.165) is 5.82 Å². The largest absolute Gasteiger partial charge is 0.353 e. The van der Waals surface area contributed by atoms with Crippen molar-refractivity contribution in [2.75, 3.05) is 31.1 Å². The first kappa shape index (κ1) is 18.6. The van der Waals surface area contributed by atoms with Crippen LogP contribution in [0.3, 0.4) is 0 Å². The SMILES string of the molecule is N#Cc1ccc(N2CCN(C(=O)CCc3nc4ccncc4c(=O)[nH]3)CC2)nc1. The van der Waals surface area contributed by atoms with Gasteiger partial charge in [0.1, 0.15) is 17.7 Å². The summed E-state index contributed by atoms with van der Waals surface area (Å²) in [7, 11) is 0. The predicted octanol–water partition coefficient (Wildman–Crippen LogP) is 0.866. The Morgan fingerprint density at radius 2 is 2.00 bits per heavy atom. The van der Waals surface area contributed by atoms with Gasteiger partial charge in [0, 0.05) is 57.6 Å². The molecule has 0 saturated carbocycles. The molecule has 4 heterocycles. The Hall–Kier alpha value is -3.80. The zero-order valence-electron chi connectivity index (χ0n) is 15.7. The molecule has 1 N–H and O–H groups in total. The van der Waals surface area contributed by atoms with Crippen molar-refractivity contribution in [2.45, 2.75) is 12.8 Å². The summed E-state index contributed by atoms with van der Waals surface area (Å²) in [5.74, 6) is 1.35. The number of anilines is 1. The molecule has 0 atom stereocenters. The van der Waals surface area contributed by atoms with E-state index in [0.29, 0.717) is 54.9 Å². The van der Waals surface area contributed by atoms with E-state index < -0.39 is 0 Å². The van der Waals surface area contributed by atoms with Gasteiger partial charge in [0.05, 0.1) is 16.5 Å². The highest BCUT2D eigenvalue weighted by atomic mass is 16.2. The van der Waals surface area contributed by atoms with Crippen molar-refractivity contribution in [2.24, 2.45) is 0 Å². The van der Waals surface area contributed by atoms with Gasteiger partial charge in [0.25, 0.3) is 5.56 Å².